The number of carbonyl (C=O) groups is 1. The van der Waals surface area contributed by atoms with E-state index in [2.05, 4.69) is 55.4 Å². The normalized spacial score (nSPS) is 20.3. The van der Waals surface area contributed by atoms with Crippen molar-refractivity contribution in [1.82, 2.24) is 14.7 Å². The molecule has 0 bridgehead atoms. The number of carbonyl (C=O) groups excluding carboxylic acids is 1. The van der Waals surface area contributed by atoms with Crippen LogP contribution < -0.4 is 0 Å². The first-order valence-electron chi connectivity index (χ1n) is 7.87. The van der Waals surface area contributed by atoms with Crippen LogP contribution in [-0.4, -0.2) is 32.2 Å². The molecule has 0 atom stereocenters. The average molecular weight is 291 g/mol. The van der Waals surface area contributed by atoms with E-state index >= 15 is 0 Å². The number of fused-ring (bicyclic) bond motifs is 1. The lowest BCUT2D eigenvalue weighted by Crippen LogP contribution is -2.64. The maximum absolute atomic E-state index is 13.1. The predicted octanol–water partition coefficient (Wildman–Crippen LogP) is 3.69. The summed E-state index contributed by atoms with van der Waals surface area (Å²) in [5, 5.41) is 4.81. The van der Waals surface area contributed by atoms with Crippen LogP contribution in [0, 0.1) is 6.92 Å². The third-order valence-electron chi connectivity index (χ3n) is 5.31. The van der Waals surface area contributed by atoms with Crippen LogP contribution >= 0.6 is 0 Å². The smallest absolute Gasteiger partial charge is 0.258 e. The Labute approximate surface area is 128 Å². The fraction of sp³-hybridized carbons (Fsp3) is 0.765. The Kier molecular flexibility index (Phi) is 3.51. The van der Waals surface area contributed by atoms with E-state index in [4.69, 9.17) is 5.10 Å². The lowest BCUT2D eigenvalue weighted by Gasteiger charge is -2.53. The first-order valence-corrected chi connectivity index (χ1v) is 7.87. The summed E-state index contributed by atoms with van der Waals surface area (Å²) in [5.41, 5.74) is 2.28. The zero-order valence-electron chi connectivity index (χ0n) is 14.9. The highest BCUT2D eigenvalue weighted by molar-refractivity contribution is 5.99. The molecule has 4 heteroatoms. The van der Waals surface area contributed by atoms with Gasteiger partial charge in [0.15, 0.2) is 0 Å². The number of rotatable bonds is 2. The molecule has 0 saturated heterocycles. The lowest BCUT2D eigenvalue weighted by atomic mass is 9.66. The van der Waals surface area contributed by atoms with Crippen molar-refractivity contribution in [3.8, 4) is 0 Å². The van der Waals surface area contributed by atoms with Crippen molar-refractivity contribution < 1.29 is 4.79 Å². The number of amides is 1. The Morgan fingerprint density at radius 1 is 1.00 bits per heavy atom. The van der Waals surface area contributed by atoms with E-state index in [0.29, 0.717) is 0 Å². The zero-order chi connectivity index (χ0) is 16.3. The monoisotopic (exact) mass is 291 g/mol. The molecule has 0 N–H and O–H groups in total. The molecule has 1 aliphatic heterocycles. The first kappa shape index (κ1) is 16.1. The summed E-state index contributed by atoms with van der Waals surface area (Å²) in [4.78, 5) is 15.1. The van der Waals surface area contributed by atoms with Crippen LogP contribution in [0.3, 0.4) is 0 Å². The van der Waals surface area contributed by atoms with Crippen molar-refractivity contribution in [3.05, 3.63) is 17.0 Å². The van der Waals surface area contributed by atoms with Gasteiger partial charge in [0.1, 0.15) is 0 Å². The van der Waals surface area contributed by atoms with Crippen molar-refractivity contribution in [2.45, 2.75) is 85.4 Å². The van der Waals surface area contributed by atoms with E-state index in [9.17, 15) is 4.79 Å². The van der Waals surface area contributed by atoms with Gasteiger partial charge in [-0.25, -0.2) is 0 Å². The second kappa shape index (κ2) is 4.59. The molecule has 21 heavy (non-hydrogen) atoms. The van der Waals surface area contributed by atoms with Crippen molar-refractivity contribution in [2.24, 2.45) is 0 Å². The maximum atomic E-state index is 13.1. The first-order chi connectivity index (χ1) is 9.44. The second-order valence-electron chi connectivity index (χ2n) is 7.80. The van der Waals surface area contributed by atoms with Crippen molar-refractivity contribution in [2.75, 3.05) is 0 Å². The standard InChI is InChI=1S/C17H29N3O/c1-10(2)19-15(21)13-12(5)20(11(3)4)18-14(13)16(6,7)17(19,8)9/h10-11H,1-9H3. The summed E-state index contributed by atoms with van der Waals surface area (Å²) in [5.74, 6) is 0.119. The quantitative estimate of drug-likeness (QED) is 0.833. The van der Waals surface area contributed by atoms with Crippen molar-refractivity contribution in [1.29, 1.82) is 0 Å². The van der Waals surface area contributed by atoms with E-state index in [1.165, 1.54) is 0 Å². The molecule has 2 heterocycles. The van der Waals surface area contributed by atoms with Crippen LogP contribution in [-0.2, 0) is 5.41 Å². The van der Waals surface area contributed by atoms with E-state index in [-0.39, 0.29) is 28.9 Å². The van der Waals surface area contributed by atoms with Gasteiger partial charge in [-0.2, -0.15) is 5.10 Å². The number of nitrogens with zero attached hydrogens (tertiary/aromatic N) is 3. The molecule has 1 aromatic heterocycles. The van der Waals surface area contributed by atoms with Crippen LogP contribution in [0.1, 0.15) is 83.2 Å². The molecule has 1 aromatic rings. The molecule has 2 rings (SSSR count). The maximum Gasteiger partial charge on any atom is 0.258 e. The summed E-state index contributed by atoms with van der Waals surface area (Å²) in [7, 11) is 0. The van der Waals surface area contributed by atoms with Crippen LogP contribution in [0.25, 0.3) is 0 Å². The van der Waals surface area contributed by atoms with E-state index in [1.807, 2.05) is 16.5 Å². The molecule has 0 radical (unpaired) electrons. The molecule has 0 fully saturated rings. The summed E-state index contributed by atoms with van der Waals surface area (Å²) in [6.45, 7) is 19.1. The van der Waals surface area contributed by atoms with Gasteiger partial charge in [-0.3, -0.25) is 9.48 Å². The highest BCUT2D eigenvalue weighted by Crippen LogP contribution is 2.46. The van der Waals surface area contributed by atoms with Crippen LogP contribution in [0.15, 0.2) is 0 Å². The summed E-state index contributed by atoms with van der Waals surface area (Å²) in [6.07, 6.45) is 0. The second-order valence-corrected chi connectivity index (χ2v) is 7.80. The van der Waals surface area contributed by atoms with Gasteiger partial charge in [0.2, 0.25) is 0 Å². The Bertz CT molecular complexity index is 579. The van der Waals surface area contributed by atoms with Gasteiger partial charge in [-0.15, -0.1) is 0 Å². The fourth-order valence-corrected chi connectivity index (χ4v) is 3.56. The zero-order valence-corrected chi connectivity index (χ0v) is 14.9. The van der Waals surface area contributed by atoms with Gasteiger partial charge >= 0.3 is 0 Å². The lowest BCUT2D eigenvalue weighted by molar-refractivity contribution is 0.0130. The van der Waals surface area contributed by atoms with Gasteiger partial charge in [0.05, 0.1) is 11.3 Å². The van der Waals surface area contributed by atoms with Gasteiger partial charge < -0.3 is 4.90 Å². The predicted molar refractivity (Wildman–Crippen MR) is 85.8 cm³/mol. The van der Waals surface area contributed by atoms with Crippen molar-refractivity contribution in [3.63, 3.8) is 0 Å². The third kappa shape index (κ3) is 1.95. The molecule has 0 spiro atoms. The van der Waals surface area contributed by atoms with Crippen LogP contribution in [0.2, 0.25) is 0 Å². The molecule has 0 aliphatic carbocycles. The molecule has 0 unspecified atom stereocenters. The van der Waals surface area contributed by atoms with Crippen LogP contribution in [0.4, 0.5) is 0 Å². The molecule has 1 amide bonds. The minimum absolute atomic E-state index is 0.119. The number of hydrogen-bond acceptors (Lipinski definition) is 2. The molecular formula is C17H29N3O. The molecule has 0 saturated carbocycles. The Morgan fingerprint density at radius 3 is 1.95 bits per heavy atom. The SMILES string of the molecule is Cc1c2c(nn1C(C)C)C(C)(C)C(C)(C)N(C(C)C)C2=O. The van der Waals surface area contributed by atoms with E-state index in [0.717, 1.165) is 17.0 Å². The summed E-state index contributed by atoms with van der Waals surface area (Å²) < 4.78 is 1.99. The molecule has 118 valence electrons. The van der Waals surface area contributed by atoms with Gasteiger partial charge in [0.25, 0.3) is 5.91 Å². The van der Waals surface area contributed by atoms with E-state index < -0.39 is 0 Å². The minimum atomic E-state index is -0.270. The largest absolute Gasteiger partial charge is 0.330 e. The molecule has 0 aromatic carbocycles. The fourth-order valence-electron chi connectivity index (χ4n) is 3.56. The Balaban J connectivity index is 2.78. The van der Waals surface area contributed by atoms with Gasteiger partial charge in [0, 0.05) is 28.7 Å². The van der Waals surface area contributed by atoms with Gasteiger partial charge in [-0.05, 0) is 48.5 Å². The molecule has 1 aliphatic rings. The topological polar surface area (TPSA) is 38.1 Å². The molecular weight excluding hydrogens is 262 g/mol. The van der Waals surface area contributed by atoms with Crippen LogP contribution in [0.5, 0.6) is 0 Å². The van der Waals surface area contributed by atoms with Crippen molar-refractivity contribution >= 4 is 5.91 Å². The third-order valence-corrected chi connectivity index (χ3v) is 5.31. The van der Waals surface area contributed by atoms with Gasteiger partial charge in [-0.1, -0.05) is 13.8 Å². The summed E-state index contributed by atoms with van der Waals surface area (Å²) >= 11 is 0. The highest BCUT2D eigenvalue weighted by atomic mass is 16.2. The average Bonchev–Trinajstić information content (AvgIpc) is 2.65. The van der Waals surface area contributed by atoms with E-state index in [1.54, 1.807) is 0 Å². The highest BCUT2D eigenvalue weighted by Gasteiger charge is 2.54. The Morgan fingerprint density at radius 2 is 1.52 bits per heavy atom. The minimum Gasteiger partial charge on any atom is -0.330 e. The Hall–Kier alpha value is -1.32. The summed E-state index contributed by atoms with van der Waals surface area (Å²) in [6, 6.07) is 0.427. The molecule has 4 nitrogen and oxygen atoms in total. The number of hydrogen-bond donors (Lipinski definition) is 0. The number of aromatic nitrogens is 2.